The van der Waals surface area contributed by atoms with Gasteiger partial charge < -0.3 is 5.73 Å². The molecule has 1 aliphatic heterocycles. The third-order valence-electron chi connectivity index (χ3n) is 3.45. The van der Waals surface area contributed by atoms with E-state index >= 15 is 0 Å². The summed E-state index contributed by atoms with van der Waals surface area (Å²) in [7, 11) is 0. The van der Waals surface area contributed by atoms with Crippen LogP contribution in [-0.2, 0) is 0 Å². The van der Waals surface area contributed by atoms with Crippen LogP contribution in [0, 0.1) is 11.7 Å². The second-order valence-electron chi connectivity index (χ2n) is 4.81. The lowest BCUT2D eigenvalue weighted by Gasteiger charge is -2.27. The molecule has 2 nitrogen and oxygen atoms in total. The van der Waals surface area contributed by atoms with E-state index in [9.17, 15) is 4.39 Å². The fraction of sp³-hybridized carbons (Fsp3) is 0.538. The van der Waals surface area contributed by atoms with E-state index in [2.05, 4.69) is 27.8 Å². The Balaban J connectivity index is 2.20. The average molecular weight is 301 g/mol. The number of likely N-dealkylation sites (tertiary alicyclic amines) is 1. The van der Waals surface area contributed by atoms with Crippen molar-refractivity contribution < 1.29 is 4.39 Å². The van der Waals surface area contributed by atoms with Crippen LogP contribution in [-0.4, -0.2) is 24.5 Å². The van der Waals surface area contributed by atoms with E-state index in [1.807, 2.05) is 6.07 Å². The van der Waals surface area contributed by atoms with E-state index in [0.717, 1.165) is 18.7 Å². The third-order valence-corrected chi connectivity index (χ3v) is 4.09. The first-order chi connectivity index (χ1) is 8.11. The van der Waals surface area contributed by atoms with E-state index in [0.29, 0.717) is 16.9 Å². The molecule has 1 fully saturated rings. The maximum absolute atomic E-state index is 13.5. The predicted molar refractivity (Wildman–Crippen MR) is 71.2 cm³/mol. The molecule has 0 bridgehead atoms. The van der Waals surface area contributed by atoms with Gasteiger partial charge in [0.1, 0.15) is 5.82 Å². The minimum absolute atomic E-state index is 0.141. The van der Waals surface area contributed by atoms with Crippen molar-refractivity contribution in [3.05, 3.63) is 34.1 Å². The summed E-state index contributed by atoms with van der Waals surface area (Å²) in [6, 6.07) is 5.44. The van der Waals surface area contributed by atoms with Gasteiger partial charge >= 0.3 is 0 Å². The molecule has 1 heterocycles. The standard InChI is InChI=1S/C13H18BrFN2/c1-9-4-5-17(8-9)13(7-16)10-2-3-11(14)12(15)6-10/h2-3,6,9,13H,4-5,7-8,16H2,1H3. The van der Waals surface area contributed by atoms with Gasteiger partial charge in [0, 0.05) is 19.1 Å². The number of nitrogens with two attached hydrogens (primary N) is 1. The number of hydrogen-bond donors (Lipinski definition) is 1. The molecule has 2 unspecified atom stereocenters. The summed E-state index contributed by atoms with van der Waals surface area (Å²) < 4.78 is 14.0. The van der Waals surface area contributed by atoms with Crippen molar-refractivity contribution >= 4 is 15.9 Å². The molecule has 0 amide bonds. The van der Waals surface area contributed by atoms with Crippen molar-refractivity contribution in [2.24, 2.45) is 11.7 Å². The van der Waals surface area contributed by atoms with Crippen molar-refractivity contribution in [3.8, 4) is 0 Å². The van der Waals surface area contributed by atoms with Crippen LogP contribution in [0.2, 0.25) is 0 Å². The summed E-state index contributed by atoms with van der Waals surface area (Å²) in [5, 5.41) is 0. The molecule has 0 aromatic heterocycles. The van der Waals surface area contributed by atoms with Gasteiger partial charge in [0.05, 0.1) is 4.47 Å². The molecule has 2 rings (SSSR count). The summed E-state index contributed by atoms with van der Waals surface area (Å²) in [5.74, 6) is 0.498. The normalized spacial score (nSPS) is 22.9. The predicted octanol–water partition coefficient (Wildman–Crippen LogP) is 2.93. The van der Waals surface area contributed by atoms with Gasteiger partial charge in [-0.3, -0.25) is 4.90 Å². The van der Waals surface area contributed by atoms with Gasteiger partial charge in [0.15, 0.2) is 0 Å². The Morgan fingerprint density at radius 1 is 1.59 bits per heavy atom. The molecule has 1 aromatic rings. The Bertz CT molecular complexity index is 397. The second-order valence-corrected chi connectivity index (χ2v) is 5.67. The second kappa shape index (κ2) is 5.46. The van der Waals surface area contributed by atoms with Crippen molar-refractivity contribution in [3.63, 3.8) is 0 Å². The Morgan fingerprint density at radius 2 is 2.35 bits per heavy atom. The van der Waals surface area contributed by atoms with Crippen LogP contribution in [0.4, 0.5) is 4.39 Å². The number of nitrogens with zero attached hydrogens (tertiary/aromatic N) is 1. The molecular formula is C13H18BrFN2. The molecule has 1 aromatic carbocycles. The lowest BCUT2D eigenvalue weighted by atomic mass is 10.1. The van der Waals surface area contributed by atoms with Gasteiger partial charge in [0.25, 0.3) is 0 Å². The van der Waals surface area contributed by atoms with Crippen LogP contribution < -0.4 is 5.73 Å². The highest BCUT2D eigenvalue weighted by Gasteiger charge is 2.26. The molecule has 2 atom stereocenters. The Hall–Kier alpha value is -0.450. The first-order valence-electron chi connectivity index (χ1n) is 6.01. The minimum atomic E-state index is -0.215. The van der Waals surface area contributed by atoms with Crippen molar-refractivity contribution in [2.75, 3.05) is 19.6 Å². The summed E-state index contributed by atoms with van der Waals surface area (Å²) >= 11 is 3.17. The summed E-state index contributed by atoms with van der Waals surface area (Å²) in [6.45, 7) is 4.89. The van der Waals surface area contributed by atoms with Crippen LogP contribution in [0.25, 0.3) is 0 Å². The van der Waals surface area contributed by atoms with E-state index in [4.69, 9.17) is 5.73 Å². The molecule has 0 radical (unpaired) electrons. The lowest BCUT2D eigenvalue weighted by molar-refractivity contribution is 0.243. The Morgan fingerprint density at radius 3 is 2.88 bits per heavy atom. The van der Waals surface area contributed by atoms with Gasteiger partial charge in [0.2, 0.25) is 0 Å². The average Bonchev–Trinajstić information content (AvgIpc) is 2.71. The minimum Gasteiger partial charge on any atom is -0.329 e. The topological polar surface area (TPSA) is 29.3 Å². The zero-order chi connectivity index (χ0) is 12.4. The zero-order valence-electron chi connectivity index (χ0n) is 10.00. The number of hydrogen-bond acceptors (Lipinski definition) is 2. The highest BCUT2D eigenvalue weighted by molar-refractivity contribution is 9.10. The highest BCUT2D eigenvalue weighted by Crippen LogP contribution is 2.28. The molecule has 1 saturated heterocycles. The van der Waals surface area contributed by atoms with Crippen LogP contribution in [0.3, 0.4) is 0 Å². The first-order valence-corrected chi connectivity index (χ1v) is 6.80. The van der Waals surface area contributed by atoms with Crippen LogP contribution >= 0.6 is 15.9 Å². The van der Waals surface area contributed by atoms with Crippen LogP contribution in [0.1, 0.15) is 24.9 Å². The maximum Gasteiger partial charge on any atom is 0.137 e. The van der Waals surface area contributed by atoms with E-state index in [1.165, 1.54) is 6.42 Å². The molecule has 0 aliphatic carbocycles. The third kappa shape index (κ3) is 2.87. The van der Waals surface area contributed by atoms with E-state index in [-0.39, 0.29) is 11.9 Å². The number of rotatable bonds is 3. The summed E-state index contributed by atoms with van der Waals surface area (Å²) in [6.07, 6.45) is 1.20. The van der Waals surface area contributed by atoms with Gasteiger partial charge in [-0.1, -0.05) is 13.0 Å². The van der Waals surface area contributed by atoms with E-state index in [1.54, 1.807) is 12.1 Å². The Kier molecular flexibility index (Phi) is 4.17. The zero-order valence-corrected chi connectivity index (χ0v) is 11.6. The molecule has 94 valence electrons. The molecule has 1 aliphatic rings. The van der Waals surface area contributed by atoms with Crippen molar-refractivity contribution in [2.45, 2.75) is 19.4 Å². The molecule has 2 N–H and O–H groups in total. The maximum atomic E-state index is 13.5. The van der Waals surface area contributed by atoms with Crippen LogP contribution in [0.15, 0.2) is 22.7 Å². The van der Waals surface area contributed by atoms with Crippen LogP contribution in [0.5, 0.6) is 0 Å². The van der Waals surface area contributed by atoms with E-state index < -0.39 is 0 Å². The lowest BCUT2D eigenvalue weighted by Crippen LogP contribution is -2.32. The SMILES string of the molecule is CC1CCN(C(CN)c2ccc(Br)c(F)c2)C1. The van der Waals surface area contributed by atoms with Gasteiger partial charge in [-0.2, -0.15) is 0 Å². The molecule has 4 heteroatoms. The summed E-state index contributed by atoms with van der Waals surface area (Å²) in [5.41, 5.74) is 6.82. The van der Waals surface area contributed by atoms with Crippen molar-refractivity contribution in [1.82, 2.24) is 4.90 Å². The fourth-order valence-corrected chi connectivity index (χ4v) is 2.71. The molecular weight excluding hydrogens is 283 g/mol. The largest absolute Gasteiger partial charge is 0.329 e. The van der Waals surface area contributed by atoms with Gasteiger partial charge in [-0.05, 0) is 52.5 Å². The smallest absolute Gasteiger partial charge is 0.137 e. The summed E-state index contributed by atoms with van der Waals surface area (Å²) in [4.78, 5) is 2.35. The van der Waals surface area contributed by atoms with Crippen molar-refractivity contribution in [1.29, 1.82) is 0 Å². The molecule has 0 spiro atoms. The quantitative estimate of drug-likeness (QED) is 0.930. The highest BCUT2D eigenvalue weighted by atomic mass is 79.9. The monoisotopic (exact) mass is 300 g/mol. The number of halogens is 2. The fourth-order valence-electron chi connectivity index (χ4n) is 2.47. The van der Waals surface area contributed by atoms with Gasteiger partial charge in [-0.15, -0.1) is 0 Å². The Labute approximate surface area is 110 Å². The number of benzene rings is 1. The molecule has 17 heavy (non-hydrogen) atoms. The molecule has 0 saturated carbocycles. The first kappa shape index (κ1) is 13.0. The van der Waals surface area contributed by atoms with Gasteiger partial charge in [-0.25, -0.2) is 4.39 Å².